The molecule has 0 aliphatic carbocycles. The Labute approximate surface area is 197 Å². The van der Waals surface area contributed by atoms with E-state index in [1.165, 1.54) is 42.3 Å². The molecule has 1 atom stereocenters. The van der Waals surface area contributed by atoms with E-state index in [1.807, 2.05) is 12.1 Å². The average molecular weight is 533 g/mol. The smallest absolute Gasteiger partial charge is 0.191 e. The second kappa shape index (κ2) is 15.0. The summed E-state index contributed by atoms with van der Waals surface area (Å²) in [6.45, 7) is 5.34. The molecule has 0 bridgehead atoms. The molecule has 7 heteroatoms. The standard InChI is InChI=1S/C22H36N4OS.HI/c1-4-23-22(24-14-10-6-5-7-11-15-26(2)3)25-17-19(27)21-16-18-12-8-9-13-20(18)28-21;/h8-9,12-13,16,19,27H,4-7,10-11,14-15,17H2,1-3H3,(H2,23,24,25);1H. The molecule has 1 aromatic carbocycles. The van der Waals surface area contributed by atoms with Crippen LogP contribution in [0.5, 0.6) is 0 Å². The fraction of sp³-hybridized carbons (Fsp3) is 0.591. The van der Waals surface area contributed by atoms with Crippen LogP contribution in [-0.2, 0) is 0 Å². The average Bonchev–Trinajstić information content (AvgIpc) is 3.12. The monoisotopic (exact) mass is 532 g/mol. The summed E-state index contributed by atoms with van der Waals surface area (Å²) in [6, 6.07) is 10.3. The van der Waals surface area contributed by atoms with Crippen LogP contribution in [0.4, 0.5) is 0 Å². The molecule has 3 N–H and O–H groups in total. The van der Waals surface area contributed by atoms with Crippen molar-refractivity contribution in [2.75, 3.05) is 40.3 Å². The second-order valence-electron chi connectivity index (χ2n) is 7.42. The number of hydrogen-bond acceptors (Lipinski definition) is 4. The van der Waals surface area contributed by atoms with Gasteiger partial charge in [-0.1, -0.05) is 37.5 Å². The Morgan fingerprint density at radius 3 is 2.55 bits per heavy atom. The van der Waals surface area contributed by atoms with Gasteiger partial charge in [0.1, 0.15) is 6.10 Å². The number of aliphatic hydroxyl groups excluding tert-OH is 1. The van der Waals surface area contributed by atoms with Crippen molar-refractivity contribution in [2.24, 2.45) is 4.99 Å². The third-order valence-electron chi connectivity index (χ3n) is 4.61. The molecular formula is C22H37IN4OS. The highest BCUT2D eigenvalue weighted by Gasteiger charge is 2.11. The normalized spacial score (nSPS) is 12.8. The van der Waals surface area contributed by atoms with Crippen molar-refractivity contribution in [2.45, 2.75) is 45.1 Å². The molecule has 2 aromatic rings. The van der Waals surface area contributed by atoms with Crippen LogP contribution in [0.25, 0.3) is 10.1 Å². The SMILES string of the molecule is CCNC(=NCC(O)c1cc2ccccc2s1)NCCCCCCCN(C)C.I. The van der Waals surface area contributed by atoms with Crippen molar-refractivity contribution in [1.82, 2.24) is 15.5 Å². The van der Waals surface area contributed by atoms with Crippen molar-refractivity contribution < 1.29 is 5.11 Å². The number of fused-ring (bicyclic) bond motifs is 1. The van der Waals surface area contributed by atoms with Crippen LogP contribution in [0.1, 0.15) is 50.0 Å². The number of aliphatic hydroxyl groups is 1. The van der Waals surface area contributed by atoms with Gasteiger partial charge < -0.3 is 20.6 Å². The first-order valence-electron chi connectivity index (χ1n) is 10.4. The van der Waals surface area contributed by atoms with E-state index in [0.29, 0.717) is 6.54 Å². The number of unbranched alkanes of at least 4 members (excludes halogenated alkanes) is 4. The minimum absolute atomic E-state index is 0. The van der Waals surface area contributed by atoms with Gasteiger partial charge in [0.05, 0.1) is 6.54 Å². The van der Waals surface area contributed by atoms with Crippen molar-refractivity contribution in [1.29, 1.82) is 0 Å². The highest BCUT2D eigenvalue weighted by Crippen LogP contribution is 2.29. The van der Waals surface area contributed by atoms with Crippen LogP contribution in [0.15, 0.2) is 35.3 Å². The van der Waals surface area contributed by atoms with Crippen molar-refractivity contribution in [3.63, 3.8) is 0 Å². The lowest BCUT2D eigenvalue weighted by molar-refractivity contribution is 0.191. The summed E-state index contributed by atoms with van der Waals surface area (Å²) in [6.07, 6.45) is 5.68. The van der Waals surface area contributed by atoms with Gasteiger partial charge in [-0.2, -0.15) is 0 Å². The molecule has 0 fully saturated rings. The summed E-state index contributed by atoms with van der Waals surface area (Å²) < 4.78 is 1.20. The molecule has 164 valence electrons. The van der Waals surface area contributed by atoms with Gasteiger partial charge in [-0.3, -0.25) is 4.99 Å². The van der Waals surface area contributed by atoms with E-state index in [0.717, 1.165) is 30.3 Å². The molecule has 0 saturated heterocycles. The van der Waals surface area contributed by atoms with Gasteiger partial charge in [-0.25, -0.2) is 0 Å². The lowest BCUT2D eigenvalue weighted by Crippen LogP contribution is -2.38. The third-order valence-corrected chi connectivity index (χ3v) is 5.83. The van der Waals surface area contributed by atoms with E-state index in [4.69, 9.17) is 0 Å². The first kappa shape index (κ1) is 26.1. The number of nitrogens with one attached hydrogen (secondary N) is 2. The Hall–Kier alpha value is -0.900. The highest BCUT2D eigenvalue weighted by molar-refractivity contribution is 14.0. The quantitative estimate of drug-likeness (QED) is 0.162. The molecule has 1 heterocycles. The van der Waals surface area contributed by atoms with E-state index in [-0.39, 0.29) is 24.0 Å². The first-order chi connectivity index (χ1) is 13.6. The maximum absolute atomic E-state index is 10.5. The van der Waals surface area contributed by atoms with E-state index < -0.39 is 6.10 Å². The minimum atomic E-state index is -0.565. The fourth-order valence-electron chi connectivity index (χ4n) is 3.07. The number of aliphatic imine (C=N–C) groups is 1. The van der Waals surface area contributed by atoms with E-state index >= 15 is 0 Å². The Morgan fingerprint density at radius 2 is 1.83 bits per heavy atom. The highest BCUT2D eigenvalue weighted by atomic mass is 127. The zero-order valence-electron chi connectivity index (χ0n) is 18.0. The number of guanidine groups is 1. The first-order valence-corrected chi connectivity index (χ1v) is 11.2. The number of rotatable bonds is 12. The molecular weight excluding hydrogens is 495 g/mol. The fourth-order valence-corrected chi connectivity index (χ4v) is 4.11. The number of halogens is 1. The van der Waals surface area contributed by atoms with Gasteiger partial charge in [-0.15, -0.1) is 35.3 Å². The predicted molar refractivity (Wildman–Crippen MR) is 138 cm³/mol. The summed E-state index contributed by atoms with van der Waals surface area (Å²) in [5.41, 5.74) is 0. The van der Waals surface area contributed by atoms with Crippen molar-refractivity contribution >= 4 is 51.4 Å². The van der Waals surface area contributed by atoms with Crippen LogP contribution in [0, 0.1) is 0 Å². The lowest BCUT2D eigenvalue weighted by atomic mass is 10.1. The summed E-state index contributed by atoms with van der Waals surface area (Å²) in [4.78, 5) is 7.79. The molecule has 0 radical (unpaired) electrons. The van der Waals surface area contributed by atoms with Gasteiger partial charge >= 0.3 is 0 Å². The van der Waals surface area contributed by atoms with Crippen LogP contribution >= 0.6 is 35.3 Å². The zero-order chi connectivity index (χ0) is 20.2. The molecule has 0 spiro atoms. The molecule has 0 aliphatic heterocycles. The molecule has 29 heavy (non-hydrogen) atoms. The van der Waals surface area contributed by atoms with E-state index in [1.54, 1.807) is 11.3 Å². The predicted octanol–water partition coefficient (Wildman–Crippen LogP) is 4.62. The number of benzene rings is 1. The summed E-state index contributed by atoms with van der Waals surface area (Å²) in [7, 11) is 4.26. The van der Waals surface area contributed by atoms with E-state index in [2.05, 4.69) is 59.7 Å². The molecule has 2 rings (SSSR count). The maximum Gasteiger partial charge on any atom is 0.191 e. The van der Waals surface area contributed by atoms with E-state index in [9.17, 15) is 5.11 Å². The molecule has 0 amide bonds. The molecule has 5 nitrogen and oxygen atoms in total. The molecule has 1 unspecified atom stereocenters. The van der Waals surface area contributed by atoms with Gasteiger partial charge in [0.25, 0.3) is 0 Å². The maximum atomic E-state index is 10.5. The van der Waals surface area contributed by atoms with Crippen LogP contribution < -0.4 is 10.6 Å². The Kier molecular flexibility index (Phi) is 13.5. The summed E-state index contributed by atoms with van der Waals surface area (Å²) in [5.74, 6) is 0.787. The topological polar surface area (TPSA) is 59.9 Å². The van der Waals surface area contributed by atoms with Gasteiger partial charge in [0.2, 0.25) is 0 Å². The van der Waals surface area contributed by atoms with Gasteiger partial charge in [0.15, 0.2) is 5.96 Å². The minimum Gasteiger partial charge on any atom is -0.386 e. The second-order valence-corrected chi connectivity index (χ2v) is 8.54. The van der Waals surface area contributed by atoms with Crippen molar-refractivity contribution in [3.05, 3.63) is 35.2 Å². The Balaban J connectivity index is 0.00000420. The Bertz CT molecular complexity index is 687. The zero-order valence-corrected chi connectivity index (χ0v) is 21.1. The van der Waals surface area contributed by atoms with Crippen LogP contribution in [0.2, 0.25) is 0 Å². The van der Waals surface area contributed by atoms with Crippen LogP contribution in [-0.4, -0.2) is 56.2 Å². The number of nitrogens with zero attached hydrogens (tertiary/aromatic N) is 2. The molecule has 0 aliphatic rings. The number of hydrogen-bond donors (Lipinski definition) is 3. The van der Waals surface area contributed by atoms with Gasteiger partial charge in [-0.05, 0) is 57.9 Å². The van der Waals surface area contributed by atoms with Crippen molar-refractivity contribution in [3.8, 4) is 0 Å². The number of thiophene rings is 1. The summed E-state index contributed by atoms with van der Waals surface area (Å²) in [5, 5.41) is 18.3. The molecule has 0 saturated carbocycles. The largest absolute Gasteiger partial charge is 0.386 e. The van der Waals surface area contributed by atoms with Crippen LogP contribution in [0.3, 0.4) is 0 Å². The lowest BCUT2D eigenvalue weighted by Gasteiger charge is -2.13. The third kappa shape index (κ3) is 10.1. The Morgan fingerprint density at radius 1 is 1.10 bits per heavy atom. The van der Waals surface area contributed by atoms with Gasteiger partial charge in [0, 0.05) is 22.7 Å². The molecule has 1 aromatic heterocycles. The summed E-state index contributed by atoms with van der Waals surface area (Å²) >= 11 is 1.64.